The van der Waals surface area contributed by atoms with Crippen molar-refractivity contribution in [1.82, 2.24) is 0 Å². The minimum absolute atomic E-state index is 0.249. The Hall–Kier alpha value is -2.72. The summed E-state index contributed by atoms with van der Waals surface area (Å²) in [5.41, 5.74) is 0.675. The highest BCUT2D eigenvalue weighted by atomic mass is 28.3. The van der Waals surface area contributed by atoms with Crippen LogP contribution in [0.3, 0.4) is 0 Å². The molecule has 1 aliphatic heterocycles. The fraction of sp³-hybridized carbons (Fsp3) is 0.565. The Labute approximate surface area is 194 Å². The van der Waals surface area contributed by atoms with Crippen molar-refractivity contribution in [3.63, 3.8) is 0 Å². The van der Waals surface area contributed by atoms with Gasteiger partial charge < -0.3 is 23.7 Å². The summed E-state index contributed by atoms with van der Waals surface area (Å²) < 4.78 is 27.7. The first-order valence-electron chi connectivity index (χ1n) is 10.7. The largest absolute Gasteiger partial charge is 0.463 e. The first-order valence-corrected chi connectivity index (χ1v) is 14.2. The zero-order chi connectivity index (χ0) is 24.9. The average Bonchev–Trinajstić information content (AvgIpc) is 2.68. The van der Waals surface area contributed by atoms with Crippen molar-refractivity contribution >= 4 is 37.1 Å². The lowest BCUT2D eigenvalue weighted by Crippen LogP contribution is -2.59. The van der Waals surface area contributed by atoms with Crippen molar-refractivity contribution in [3.05, 3.63) is 29.8 Å². The Kier molecular flexibility index (Phi) is 8.79. The molecule has 10 heteroatoms. The molecule has 0 radical (unpaired) electrons. The lowest BCUT2D eigenvalue weighted by molar-refractivity contribution is -0.254. The van der Waals surface area contributed by atoms with E-state index in [1.807, 2.05) is 24.3 Å². The molecule has 1 aromatic carbocycles. The minimum Gasteiger partial charge on any atom is -0.463 e. The summed E-state index contributed by atoms with van der Waals surface area (Å²) in [6.07, 6.45) is -5.25. The predicted molar refractivity (Wildman–Crippen MR) is 120 cm³/mol. The van der Waals surface area contributed by atoms with Gasteiger partial charge in [-0.2, -0.15) is 0 Å². The van der Waals surface area contributed by atoms with Crippen molar-refractivity contribution in [3.8, 4) is 0 Å². The Morgan fingerprint density at radius 3 is 1.70 bits per heavy atom. The van der Waals surface area contributed by atoms with Crippen LogP contribution in [0.5, 0.6) is 0 Å². The number of carbonyl (C=O) groups is 4. The van der Waals surface area contributed by atoms with Crippen molar-refractivity contribution in [2.45, 2.75) is 77.9 Å². The maximum Gasteiger partial charge on any atom is 0.303 e. The lowest BCUT2D eigenvalue weighted by Gasteiger charge is -2.44. The normalized spacial score (nSPS) is 25.0. The minimum atomic E-state index is -1.56. The maximum atomic E-state index is 11.9. The average molecular weight is 481 g/mol. The van der Waals surface area contributed by atoms with Gasteiger partial charge in [0.1, 0.15) is 18.8 Å². The molecule has 33 heavy (non-hydrogen) atoms. The van der Waals surface area contributed by atoms with Crippen molar-refractivity contribution in [2.24, 2.45) is 0 Å². The van der Waals surface area contributed by atoms with E-state index >= 15 is 0 Å². The van der Waals surface area contributed by atoms with Crippen LogP contribution in [0.25, 0.3) is 0 Å². The molecule has 1 aromatic rings. The van der Waals surface area contributed by atoms with Crippen LogP contribution in [0.2, 0.25) is 19.6 Å². The van der Waals surface area contributed by atoms with E-state index in [9.17, 15) is 19.2 Å². The van der Waals surface area contributed by atoms with Gasteiger partial charge in [0.25, 0.3) is 0 Å². The highest BCUT2D eigenvalue weighted by Gasteiger charge is 2.52. The Morgan fingerprint density at radius 1 is 0.758 bits per heavy atom. The van der Waals surface area contributed by atoms with Gasteiger partial charge in [-0.15, -0.1) is 0 Å². The Morgan fingerprint density at radius 2 is 1.24 bits per heavy atom. The van der Waals surface area contributed by atoms with E-state index in [1.165, 1.54) is 32.9 Å². The zero-order valence-electron chi connectivity index (χ0n) is 20.1. The van der Waals surface area contributed by atoms with Gasteiger partial charge in [0.2, 0.25) is 0 Å². The maximum absolute atomic E-state index is 11.9. The molecular weight excluding hydrogens is 448 g/mol. The molecule has 0 unspecified atom stereocenters. The number of rotatable bonds is 7. The molecule has 0 amide bonds. The molecule has 9 nitrogen and oxygen atoms in total. The molecule has 1 heterocycles. The van der Waals surface area contributed by atoms with Crippen LogP contribution in [0.1, 0.15) is 39.4 Å². The van der Waals surface area contributed by atoms with E-state index in [-0.39, 0.29) is 6.61 Å². The molecule has 1 fully saturated rings. The summed E-state index contributed by atoms with van der Waals surface area (Å²) in [5.74, 6) is -2.49. The number of ether oxygens (including phenoxy) is 5. The third kappa shape index (κ3) is 7.39. The third-order valence-corrected chi connectivity index (χ3v) is 7.16. The zero-order valence-corrected chi connectivity index (χ0v) is 21.1. The van der Waals surface area contributed by atoms with Gasteiger partial charge in [-0.25, -0.2) is 0 Å². The van der Waals surface area contributed by atoms with Gasteiger partial charge in [0, 0.05) is 27.7 Å². The molecule has 5 atom stereocenters. The van der Waals surface area contributed by atoms with E-state index in [1.54, 1.807) is 0 Å². The van der Waals surface area contributed by atoms with Crippen LogP contribution >= 0.6 is 0 Å². The SMILES string of the molecule is CC(=O)OC[C@H]1O[C@@H](c2ccc([Si](C)(C)C)cc2)[C@H](OC(C)=O)[C@@H](OC(C)=O)[C@@H]1OC(C)=O. The number of esters is 4. The third-order valence-electron chi connectivity index (χ3n) is 5.10. The second kappa shape index (κ2) is 10.9. The molecule has 2 rings (SSSR count). The summed E-state index contributed by atoms with van der Waals surface area (Å²) in [6.45, 7) is 11.3. The number of carbonyl (C=O) groups excluding carboxylic acids is 4. The molecule has 0 aliphatic carbocycles. The standard InChI is InChI=1S/C23H32O9Si/c1-13(24)28-12-19-21(29-14(2)25)23(31-16(4)27)22(30-15(3)26)20(32-19)17-8-10-18(11-9-17)33(5,6)7/h8-11,19-23H,12H2,1-7H3/t19-,20+,21-,22+,23+/m1/s1. The van der Waals surface area contributed by atoms with Crippen molar-refractivity contribution < 1.29 is 42.9 Å². The smallest absolute Gasteiger partial charge is 0.303 e. The van der Waals surface area contributed by atoms with E-state index in [0.29, 0.717) is 5.56 Å². The van der Waals surface area contributed by atoms with Crippen LogP contribution in [0.4, 0.5) is 0 Å². The molecule has 0 bridgehead atoms. The van der Waals surface area contributed by atoms with Gasteiger partial charge in [0.05, 0.1) is 8.07 Å². The summed E-state index contributed by atoms with van der Waals surface area (Å²) in [4.78, 5) is 47.1. The molecule has 1 saturated heterocycles. The molecule has 0 N–H and O–H groups in total. The molecular formula is C23H32O9Si. The van der Waals surface area contributed by atoms with Gasteiger partial charge in [-0.3, -0.25) is 19.2 Å². The number of hydrogen-bond donors (Lipinski definition) is 0. The van der Waals surface area contributed by atoms with E-state index < -0.39 is 62.5 Å². The molecule has 182 valence electrons. The van der Waals surface area contributed by atoms with E-state index in [0.717, 1.165) is 0 Å². The van der Waals surface area contributed by atoms with Gasteiger partial charge >= 0.3 is 23.9 Å². The van der Waals surface area contributed by atoms with Gasteiger partial charge in [-0.05, 0) is 5.56 Å². The van der Waals surface area contributed by atoms with Crippen molar-refractivity contribution in [2.75, 3.05) is 6.61 Å². The van der Waals surface area contributed by atoms with E-state index in [2.05, 4.69) is 19.6 Å². The second-order valence-electron chi connectivity index (χ2n) is 8.99. The van der Waals surface area contributed by atoms with Crippen molar-refractivity contribution in [1.29, 1.82) is 0 Å². The Balaban J connectivity index is 2.54. The topological polar surface area (TPSA) is 114 Å². The van der Waals surface area contributed by atoms with Gasteiger partial charge in [0.15, 0.2) is 18.3 Å². The summed E-state index contributed by atoms with van der Waals surface area (Å²) in [5, 5.41) is 1.22. The first kappa shape index (κ1) is 26.5. The second-order valence-corrected chi connectivity index (χ2v) is 14.1. The van der Waals surface area contributed by atoms with Crippen LogP contribution in [0.15, 0.2) is 24.3 Å². The lowest BCUT2D eigenvalue weighted by atomic mass is 9.90. The van der Waals surface area contributed by atoms with Crippen LogP contribution < -0.4 is 5.19 Å². The number of benzene rings is 1. The highest BCUT2D eigenvalue weighted by molar-refractivity contribution is 6.88. The highest BCUT2D eigenvalue weighted by Crippen LogP contribution is 2.37. The quantitative estimate of drug-likeness (QED) is 0.328. The van der Waals surface area contributed by atoms with Gasteiger partial charge in [-0.1, -0.05) is 49.1 Å². The van der Waals surface area contributed by atoms with Crippen LogP contribution in [0, 0.1) is 0 Å². The molecule has 0 aromatic heterocycles. The summed E-state index contributed by atoms with van der Waals surface area (Å²) in [7, 11) is -1.56. The van der Waals surface area contributed by atoms with Crippen LogP contribution in [-0.2, 0) is 42.9 Å². The Bertz CT molecular complexity index is 875. The molecule has 0 saturated carbocycles. The summed E-state index contributed by atoms with van der Waals surface area (Å²) >= 11 is 0. The fourth-order valence-electron chi connectivity index (χ4n) is 3.67. The molecule has 0 spiro atoms. The first-order chi connectivity index (χ1) is 15.3. The fourth-order valence-corrected chi connectivity index (χ4v) is 4.84. The van der Waals surface area contributed by atoms with Crippen LogP contribution in [-0.4, -0.2) is 63.0 Å². The number of hydrogen-bond acceptors (Lipinski definition) is 9. The monoisotopic (exact) mass is 480 g/mol. The summed E-state index contributed by atoms with van der Waals surface area (Å²) in [6, 6.07) is 7.73. The van der Waals surface area contributed by atoms with E-state index in [4.69, 9.17) is 23.7 Å². The molecule has 1 aliphatic rings. The predicted octanol–water partition coefficient (Wildman–Crippen LogP) is 2.03.